The highest BCUT2D eigenvalue weighted by atomic mass is 16.5. The van der Waals surface area contributed by atoms with Gasteiger partial charge in [0, 0.05) is 53.4 Å². The Morgan fingerprint density at radius 2 is 1.69 bits per heavy atom. The highest BCUT2D eigenvalue weighted by Crippen LogP contribution is 2.30. The number of hydrogen-bond donors (Lipinski definition) is 3. The maximum Gasteiger partial charge on any atom is 0.323 e. The number of rotatable bonds is 8. The van der Waals surface area contributed by atoms with Crippen molar-refractivity contribution in [3.8, 4) is 22.8 Å². The Morgan fingerprint density at radius 3 is 2.46 bits per heavy atom. The number of aromatic nitrogens is 4. The average Bonchev–Trinajstić information content (AvgIpc) is 3.33. The molecule has 39 heavy (non-hydrogen) atoms. The van der Waals surface area contributed by atoms with E-state index in [4.69, 9.17) is 9.84 Å². The first-order valence-electron chi connectivity index (χ1n) is 12.9. The van der Waals surface area contributed by atoms with Crippen LogP contribution in [0.15, 0.2) is 85.3 Å². The van der Waals surface area contributed by atoms with Crippen LogP contribution in [-0.2, 0) is 0 Å². The number of benzene rings is 2. The van der Waals surface area contributed by atoms with Gasteiger partial charge in [0.1, 0.15) is 23.0 Å². The molecule has 0 aliphatic carbocycles. The molecule has 0 radical (unpaired) electrons. The second-order valence-corrected chi connectivity index (χ2v) is 9.76. The molecule has 0 fully saturated rings. The Kier molecular flexibility index (Phi) is 7.40. The van der Waals surface area contributed by atoms with Gasteiger partial charge in [0.25, 0.3) is 0 Å². The van der Waals surface area contributed by atoms with Gasteiger partial charge in [0.2, 0.25) is 0 Å². The number of fused-ring (bicyclic) bond motifs is 1. The summed E-state index contributed by atoms with van der Waals surface area (Å²) < 4.78 is 7.79. The zero-order valence-corrected chi connectivity index (χ0v) is 22.3. The van der Waals surface area contributed by atoms with Crippen LogP contribution in [0.5, 0.6) is 11.5 Å². The molecule has 9 nitrogen and oxygen atoms in total. The van der Waals surface area contributed by atoms with Crippen molar-refractivity contribution < 1.29 is 9.53 Å². The number of urea groups is 1. The largest absolute Gasteiger partial charge is 0.457 e. The van der Waals surface area contributed by atoms with E-state index in [1.165, 1.54) is 0 Å². The van der Waals surface area contributed by atoms with Gasteiger partial charge in [-0.15, -0.1) is 0 Å². The fourth-order valence-corrected chi connectivity index (χ4v) is 4.06. The van der Waals surface area contributed by atoms with Crippen molar-refractivity contribution >= 4 is 34.1 Å². The van der Waals surface area contributed by atoms with Crippen LogP contribution in [0.25, 0.3) is 22.2 Å². The van der Waals surface area contributed by atoms with Crippen molar-refractivity contribution in [1.82, 2.24) is 19.7 Å². The Hall–Kier alpha value is -4.92. The predicted molar refractivity (Wildman–Crippen MR) is 156 cm³/mol. The quantitative estimate of drug-likeness (QED) is 0.197. The van der Waals surface area contributed by atoms with Gasteiger partial charge in [-0.25, -0.2) is 9.78 Å². The molecule has 198 valence electrons. The van der Waals surface area contributed by atoms with Gasteiger partial charge < -0.3 is 20.7 Å². The molecule has 5 rings (SSSR count). The molecule has 3 N–H and O–H groups in total. The number of ether oxygens (including phenoxy) is 1. The lowest BCUT2D eigenvalue weighted by Crippen LogP contribution is -2.19. The summed E-state index contributed by atoms with van der Waals surface area (Å²) in [4.78, 5) is 21.6. The van der Waals surface area contributed by atoms with E-state index < -0.39 is 0 Å². The third-order valence-electron chi connectivity index (χ3n) is 5.90. The fraction of sp³-hybridized carbons (Fsp3) is 0.200. The first kappa shape index (κ1) is 25.7. The number of pyridine rings is 2. The Labute approximate surface area is 227 Å². The molecule has 2 amide bonds. The maximum atomic E-state index is 12.9. The number of nitrogens with one attached hydrogen (secondary N) is 3. The summed E-state index contributed by atoms with van der Waals surface area (Å²) in [5.41, 5.74) is 3.74. The van der Waals surface area contributed by atoms with Crippen LogP contribution < -0.4 is 20.7 Å². The summed E-state index contributed by atoms with van der Waals surface area (Å²) in [6.45, 7) is 8.19. The van der Waals surface area contributed by atoms with Gasteiger partial charge >= 0.3 is 6.03 Å². The molecular formula is C30H31N7O2. The van der Waals surface area contributed by atoms with Gasteiger partial charge in [-0.3, -0.25) is 9.67 Å². The minimum absolute atomic E-state index is 0.134. The van der Waals surface area contributed by atoms with Crippen molar-refractivity contribution in [2.24, 2.45) is 0 Å². The third kappa shape index (κ3) is 6.32. The SMILES string of the molecule is CC(C)Nc1cc(Oc2ccc(NC(=O)Nc3cn(C(C)C)nc3-c3ccc4ncccc4c3)cc2)ccn1. The molecule has 9 heteroatoms. The van der Waals surface area contributed by atoms with Crippen LogP contribution in [-0.4, -0.2) is 31.8 Å². The first-order chi connectivity index (χ1) is 18.8. The van der Waals surface area contributed by atoms with Gasteiger partial charge in [-0.05, 0) is 76.2 Å². The monoisotopic (exact) mass is 521 g/mol. The minimum atomic E-state index is -0.366. The summed E-state index contributed by atoms with van der Waals surface area (Å²) in [7, 11) is 0. The van der Waals surface area contributed by atoms with E-state index in [9.17, 15) is 4.79 Å². The predicted octanol–water partition coefficient (Wildman–Crippen LogP) is 7.33. The molecule has 0 spiro atoms. The fourth-order valence-electron chi connectivity index (χ4n) is 4.06. The van der Waals surface area contributed by atoms with Gasteiger partial charge in [-0.2, -0.15) is 5.10 Å². The minimum Gasteiger partial charge on any atom is -0.457 e. The number of carbonyl (C=O) groups is 1. The van der Waals surface area contributed by atoms with Crippen LogP contribution in [0.4, 0.5) is 22.0 Å². The van der Waals surface area contributed by atoms with E-state index in [-0.39, 0.29) is 18.1 Å². The van der Waals surface area contributed by atoms with Crippen molar-refractivity contribution in [2.75, 3.05) is 16.0 Å². The molecule has 3 heterocycles. The third-order valence-corrected chi connectivity index (χ3v) is 5.90. The van der Waals surface area contributed by atoms with Gasteiger partial charge in [-0.1, -0.05) is 12.1 Å². The second-order valence-electron chi connectivity index (χ2n) is 9.76. The molecule has 0 atom stereocenters. The summed E-state index contributed by atoms with van der Waals surface area (Å²) in [5.74, 6) is 2.07. The van der Waals surface area contributed by atoms with Crippen LogP contribution >= 0.6 is 0 Å². The molecule has 5 aromatic rings. The average molecular weight is 522 g/mol. The first-order valence-corrected chi connectivity index (χ1v) is 12.9. The Balaban J connectivity index is 1.28. The summed E-state index contributed by atoms with van der Waals surface area (Å²) >= 11 is 0. The van der Waals surface area contributed by atoms with Crippen molar-refractivity contribution in [3.05, 3.63) is 85.3 Å². The van der Waals surface area contributed by atoms with E-state index in [1.807, 2.05) is 61.1 Å². The van der Waals surface area contributed by atoms with E-state index >= 15 is 0 Å². The molecule has 3 aromatic heterocycles. The molecule has 0 saturated carbocycles. The zero-order valence-electron chi connectivity index (χ0n) is 22.3. The maximum absolute atomic E-state index is 12.9. The van der Waals surface area contributed by atoms with E-state index in [2.05, 4.69) is 39.8 Å². The van der Waals surface area contributed by atoms with Gasteiger partial charge in [0.15, 0.2) is 0 Å². The number of nitrogens with zero attached hydrogens (tertiary/aromatic N) is 4. The van der Waals surface area contributed by atoms with E-state index in [0.29, 0.717) is 28.6 Å². The lowest BCUT2D eigenvalue weighted by molar-refractivity contribution is 0.262. The lowest BCUT2D eigenvalue weighted by Gasteiger charge is -2.11. The number of amides is 2. The summed E-state index contributed by atoms with van der Waals surface area (Å²) in [5, 5.41) is 14.9. The second kappa shape index (κ2) is 11.2. The van der Waals surface area contributed by atoms with Crippen LogP contribution in [0, 0.1) is 0 Å². The number of hydrogen-bond acceptors (Lipinski definition) is 6. The Morgan fingerprint density at radius 1 is 0.872 bits per heavy atom. The standard InChI is InChI=1S/C30H31N7O2/c1-19(2)33-28-17-25(13-15-32-28)39-24-10-8-23(9-11-24)34-30(38)35-27-18-37(20(3)4)36-29(27)22-7-12-26-21(16-22)6-5-14-31-26/h5-20H,1-4H3,(H,32,33)(H2,34,35,38). The highest BCUT2D eigenvalue weighted by molar-refractivity contribution is 6.02. The van der Waals surface area contributed by atoms with Crippen molar-refractivity contribution in [1.29, 1.82) is 0 Å². The van der Waals surface area contributed by atoms with Crippen LogP contribution in [0.2, 0.25) is 0 Å². The molecule has 0 saturated heterocycles. The molecule has 0 aliphatic rings. The zero-order chi connectivity index (χ0) is 27.4. The van der Waals surface area contributed by atoms with Crippen LogP contribution in [0.3, 0.4) is 0 Å². The number of carbonyl (C=O) groups excluding carboxylic acids is 1. The number of anilines is 3. The Bertz CT molecular complexity index is 1590. The topological polar surface area (TPSA) is 106 Å². The molecule has 0 unspecified atom stereocenters. The summed E-state index contributed by atoms with van der Waals surface area (Å²) in [6.07, 6.45) is 5.32. The molecule has 0 aliphatic heterocycles. The lowest BCUT2D eigenvalue weighted by atomic mass is 10.1. The van der Waals surface area contributed by atoms with Crippen molar-refractivity contribution in [3.63, 3.8) is 0 Å². The van der Waals surface area contributed by atoms with E-state index in [0.717, 1.165) is 22.3 Å². The smallest absolute Gasteiger partial charge is 0.323 e. The summed E-state index contributed by atoms with van der Waals surface area (Å²) in [6, 6.07) is 20.7. The van der Waals surface area contributed by atoms with E-state index in [1.54, 1.807) is 42.7 Å². The molecule has 0 bridgehead atoms. The van der Waals surface area contributed by atoms with Crippen molar-refractivity contribution in [2.45, 2.75) is 39.8 Å². The molecular weight excluding hydrogens is 490 g/mol. The normalized spacial score (nSPS) is 11.1. The van der Waals surface area contributed by atoms with Gasteiger partial charge in [0.05, 0.1) is 11.2 Å². The molecule has 2 aromatic carbocycles. The van der Waals surface area contributed by atoms with Crippen LogP contribution in [0.1, 0.15) is 33.7 Å². The highest BCUT2D eigenvalue weighted by Gasteiger charge is 2.16.